The van der Waals surface area contributed by atoms with Crippen molar-refractivity contribution in [3.05, 3.63) is 44.2 Å². The second-order valence-corrected chi connectivity index (χ2v) is 6.66. The Labute approximate surface area is 129 Å². The van der Waals surface area contributed by atoms with E-state index in [1.54, 1.807) is 23.6 Å². The summed E-state index contributed by atoms with van der Waals surface area (Å²) in [5.41, 5.74) is 1.52. The van der Waals surface area contributed by atoms with Crippen molar-refractivity contribution < 1.29 is 9.90 Å². The molecule has 1 N–H and O–H groups in total. The largest absolute Gasteiger partial charge is 0.478 e. The van der Waals surface area contributed by atoms with Crippen LogP contribution in [0.2, 0.25) is 0 Å². The minimum atomic E-state index is -0.947. The van der Waals surface area contributed by atoms with E-state index in [0.717, 1.165) is 13.0 Å². The SMILES string of the molecule is CC1c2ccsc2CCN1c1ncc(Br)cc1C(=O)O. The van der Waals surface area contributed by atoms with Crippen LogP contribution in [0.4, 0.5) is 5.82 Å². The molecule has 0 radical (unpaired) electrons. The van der Waals surface area contributed by atoms with Gasteiger partial charge in [0.25, 0.3) is 0 Å². The van der Waals surface area contributed by atoms with E-state index in [1.165, 1.54) is 10.4 Å². The van der Waals surface area contributed by atoms with Gasteiger partial charge in [0.1, 0.15) is 11.4 Å². The number of hydrogen-bond acceptors (Lipinski definition) is 4. The number of nitrogens with zero attached hydrogens (tertiary/aromatic N) is 2. The quantitative estimate of drug-likeness (QED) is 0.894. The number of carbonyl (C=O) groups is 1. The van der Waals surface area contributed by atoms with Gasteiger partial charge in [0.15, 0.2) is 0 Å². The Morgan fingerprint density at radius 3 is 3.15 bits per heavy atom. The lowest BCUT2D eigenvalue weighted by Gasteiger charge is -2.35. The standard InChI is InChI=1S/C14H13BrN2O2S/c1-8-10-3-5-20-12(10)2-4-17(8)13-11(14(18)19)6-9(15)7-16-13/h3,5-8H,2,4H2,1H3,(H,18,19). The molecule has 0 saturated heterocycles. The molecule has 2 aromatic heterocycles. The first-order valence-corrected chi connectivity index (χ1v) is 7.97. The normalized spacial score (nSPS) is 17.9. The molecule has 0 saturated carbocycles. The molecule has 0 aliphatic carbocycles. The average Bonchev–Trinajstić information content (AvgIpc) is 2.89. The molecule has 104 valence electrons. The first kappa shape index (κ1) is 13.6. The average molecular weight is 353 g/mol. The van der Waals surface area contributed by atoms with Crippen molar-refractivity contribution in [1.29, 1.82) is 0 Å². The maximum Gasteiger partial charge on any atom is 0.339 e. The zero-order valence-electron chi connectivity index (χ0n) is 10.8. The van der Waals surface area contributed by atoms with Crippen molar-refractivity contribution >= 4 is 39.1 Å². The van der Waals surface area contributed by atoms with Crippen molar-refractivity contribution in [1.82, 2.24) is 4.98 Å². The maximum absolute atomic E-state index is 11.4. The highest BCUT2D eigenvalue weighted by Gasteiger charge is 2.28. The Balaban J connectivity index is 2.04. The number of hydrogen-bond donors (Lipinski definition) is 1. The fourth-order valence-corrected chi connectivity index (χ4v) is 3.91. The van der Waals surface area contributed by atoms with Crippen LogP contribution < -0.4 is 4.90 Å². The van der Waals surface area contributed by atoms with E-state index in [1.807, 2.05) is 0 Å². The van der Waals surface area contributed by atoms with Crippen LogP contribution >= 0.6 is 27.3 Å². The smallest absolute Gasteiger partial charge is 0.339 e. The van der Waals surface area contributed by atoms with Crippen LogP contribution in [0.3, 0.4) is 0 Å². The molecule has 2 aromatic rings. The lowest BCUT2D eigenvalue weighted by atomic mass is 10.0. The molecule has 6 heteroatoms. The topological polar surface area (TPSA) is 53.4 Å². The predicted molar refractivity (Wildman–Crippen MR) is 82.7 cm³/mol. The number of aromatic carboxylic acids is 1. The van der Waals surface area contributed by atoms with E-state index in [-0.39, 0.29) is 11.6 Å². The van der Waals surface area contributed by atoms with Crippen LogP contribution in [0.5, 0.6) is 0 Å². The fourth-order valence-electron chi connectivity index (χ4n) is 2.62. The molecule has 4 nitrogen and oxygen atoms in total. The molecule has 3 rings (SSSR count). The molecular weight excluding hydrogens is 340 g/mol. The van der Waals surface area contributed by atoms with E-state index in [9.17, 15) is 9.90 Å². The second kappa shape index (κ2) is 5.18. The van der Waals surface area contributed by atoms with Crippen LogP contribution in [0.1, 0.15) is 33.8 Å². The lowest BCUT2D eigenvalue weighted by molar-refractivity contribution is 0.0697. The number of anilines is 1. The number of aromatic nitrogens is 1. The van der Waals surface area contributed by atoms with E-state index in [4.69, 9.17) is 0 Å². The van der Waals surface area contributed by atoms with Gasteiger partial charge in [-0.1, -0.05) is 0 Å². The number of halogens is 1. The van der Waals surface area contributed by atoms with Gasteiger partial charge < -0.3 is 10.0 Å². The van der Waals surface area contributed by atoms with Crippen LogP contribution in [0, 0.1) is 0 Å². The number of carboxylic acids is 1. The van der Waals surface area contributed by atoms with E-state index in [2.05, 4.69) is 44.2 Å². The van der Waals surface area contributed by atoms with Crippen LogP contribution in [-0.2, 0) is 6.42 Å². The lowest BCUT2D eigenvalue weighted by Crippen LogP contribution is -2.34. The molecule has 1 aliphatic rings. The summed E-state index contributed by atoms with van der Waals surface area (Å²) in [5.74, 6) is -0.401. The van der Waals surface area contributed by atoms with Crippen molar-refractivity contribution in [3.63, 3.8) is 0 Å². The molecule has 1 unspecified atom stereocenters. The third-order valence-electron chi connectivity index (χ3n) is 3.61. The van der Waals surface area contributed by atoms with Gasteiger partial charge >= 0.3 is 5.97 Å². The van der Waals surface area contributed by atoms with Crippen molar-refractivity contribution in [3.8, 4) is 0 Å². The molecular formula is C14H13BrN2O2S. The molecule has 1 aliphatic heterocycles. The minimum Gasteiger partial charge on any atom is -0.478 e. The number of thiophene rings is 1. The van der Waals surface area contributed by atoms with Gasteiger partial charge in [0.05, 0.1) is 6.04 Å². The van der Waals surface area contributed by atoms with Gasteiger partial charge in [-0.25, -0.2) is 9.78 Å². The van der Waals surface area contributed by atoms with E-state index in [0.29, 0.717) is 10.3 Å². The van der Waals surface area contributed by atoms with Crippen LogP contribution in [0.15, 0.2) is 28.2 Å². The maximum atomic E-state index is 11.4. The highest BCUT2D eigenvalue weighted by molar-refractivity contribution is 9.10. The number of pyridine rings is 1. The van der Waals surface area contributed by atoms with Crippen molar-refractivity contribution in [2.24, 2.45) is 0 Å². The van der Waals surface area contributed by atoms with Gasteiger partial charge in [-0.15, -0.1) is 11.3 Å². The van der Waals surface area contributed by atoms with Crippen LogP contribution in [-0.4, -0.2) is 22.6 Å². The summed E-state index contributed by atoms with van der Waals surface area (Å²) in [6.45, 7) is 2.89. The molecule has 0 amide bonds. The Morgan fingerprint density at radius 1 is 1.60 bits per heavy atom. The molecule has 20 heavy (non-hydrogen) atoms. The fraction of sp³-hybridized carbons (Fsp3) is 0.286. The molecule has 3 heterocycles. The first-order chi connectivity index (χ1) is 9.58. The summed E-state index contributed by atoms with van der Waals surface area (Å²) in [7, 11) is 0. The summed E-state index contributed by atoms with van der Waals surface area (Å²) in [6, 6.07) is 3.88. The van der Waals surface area contributed by atoms with Gasteiger partial charge in [-0.3, -0.25) is 0 Å². The number of fused-ring (bicyclic) bond motifs is 1. The van der Waals surface area contributed by atoms with Gasteiger partial charge in [0.2, 0.25) is 0 Å². The second-order valence-electron chi connectivity index (χ2n) is 4.75. The predicted octanol–water partition coefficient (Wildman–Crippen LogP) is 3.73. The van der Waals surface area contributed by atoms with Crippen molar-refractivity contribution in [2.45, 2.75) is 19.4 Å². The third-order valence-corrected chi connectivity index (χ3v) is 5.04. The molecule has 0 aromatic carbocycles. The number of rotatable bonds is 2. The molecule has 0 fully saturated rings. The highest BCUT2D eigenvalue weighted by atomic mass is 79.9. The Morgan fingerprint density at radius 2 is 2.40 bits per heavy atom. The highest BCUT2D eigenvalue weighted by Crippen LogP contribution is 2.36. The van der Waals surface area contributed by atoms with Gasteiger partial charge in [0, 0.05) is 22.1 Å². The monoisotopic (exact) mass is 352 g/mol. The Bertz CT molecular complexity index is 671. The summed E-state index contributed by atoms with van der Waals surface area (Å²) >= 11 is 5.05. The van der Waals surface area contributed by atoms with E-state index >= 15 is 0 Å². The van der Waals surface area contributed by atoms with Crippen LogP contribution in [0.25, 0.3) is 0 Å². The van der Waals surface area contributed by atoms with E-state index < -0.39 is 5.97 Å². The van der Waals surface area contributed by atoms with Crippen molar-refractivity contribution in [2.75, 3.05) is 11.4 Å². The summed E-state index contributed by atoms with van der Waals surface area (Å²) in [4.78, 5) is 19.2. The molecule has 0 bridgehead atoms. The summed E-state index contributed by atoms with van der Waals surface area (Å²) < 4.78 is 0.680. The Kier molecular flexibility index (Phi) is 3.52. The summed E-state index contributed by atoms with van der Waals surface area (Å²) in [5, 5.41) is 11.5. The number of carboxylic acid groups (broad SMARTS) is 1. The minimum absolute atomic E-state index is 0.150. The molecule has 0 spiro atoms. The van der Waals surface area contributed by atoms with Gasteiger partial charge in [-0.05, 0) is 52.4 Å². The Hall–Kier alpha value is -1.40. The molecule has 1 atom stereocenters. The zero-order chi connectivity index (χ0) is 14.3. The van der Waals surface area contributed by atoms with Gasteiger partial charge in [-0.2, -0.15) is 0 Å². The summed E-state index contributed by atoms with van der Waals surface area (Å²) in [6.07, 6.45) is 2.59. The zero-order valence-corrected chi connectivity index (χ0v) is 13.2. The third kappa shape index (κ3) is 2.23. The first-order valence-electron chi connectivity index (χ1n) is 6.29.